The lowest BCUT2D eigenvalue weighted by molar-refractivity contribution is 0.112. The van der Waals surface area contributed by atoms with Gasteiger partial charge in [0.15, 0.2) is 6.29 Å². The number of carbonyl (C=O) groups excluding carboxylic acids is 1. The van der Waals surface area contributed by atoms with Crippen molar-refractivity contribution in [3.63, 3.8) is 0 Å². The lowest BCUT2D eigenvalue weighted by Gasteiger charge is -2.34. The number of hydrogen-bond donors (Lipinski definition) is 2. The van der Waals surface area contributed by atoms with Crippen LogP contribution in [0.3, 0.4) is 0 Å². The van der Waals surface area contributed by atoms with Crippen LogP contribution in [0.15, 0.2) is 18.3 Å². The summed E-state index contributed by atoms with van der Waals surface area (Å²) in [7, 11) is 0. The number of carbonyl (C=O) groups is 1. The molecule has 0 bridgehead atoms. The maximum absolute atomic E-state index is 11.3. The highest BCUT2D eigenvalue weighted by atomic mass is 16.1. The Morgan fingerprint density at radius 3 is 3.00 bits per heavy atom. The number of aromatic nitrogens is 1. The molecule has 21 heavy (non-hydrogen) atoms. The normalized spacial score (nSPS) is 22.0. The summed E-state index contributed by atoms with van der Waals surface area (Å²) in [4.78, 5) is 16.9. The Labute approximate surface area is 126 Å². The molecular weight excluding hydrogens is 262 g/mol. The topological polar surface area (TPSA) is 48.1 Å². The minimum Gasteiger partial charge on any atom is -0.372 e. The maximum Gasteiger partial charge on any atom is 0.152 e. The highest BCUT2D eigenvalue weighted by Crippen LogP contribution is 2.07. The van der Waals surface area contributed by atoms with E-state index in [9.17, 15) is 4.79 Å². The van der Waals surface area contributed by atoms with Crippen molar-refractivity contribution in [3.8, 4) is 0 Å². The van der Waals surface area contributed by atoms with Gasteiger partial charge in [0.25, 0.3) is 0 Å². The van der Waals surface area contributed by atoms with Gasteiger partial charge in [-0.25, -0.2) is 0 Å². The van der Waals surface area contributed by atoms with E-state index in [0.29, 0.717) is 6.04 Å². The third-order valence-corrected chi connectivity index (χ3v) is 3.91. The molecule has 0 amide bonds. The van der Waals surface area contributed by atoms with Crippen LogP contribution in [0.25, 0.3) is 11.8 Å². The van der Waals surface area contributed by atoms with Gasteiger partial charge in [-0.2, -0.15) is 0 Å². The molecule has 1 aromatic heterocycles. The van der Waals surface area contributed by atoms with Crippen LogP contribution >= 0.6 is 0 Å². The molecule has 2 N–H and O–H groups in total. The zero-order chi connectivity index (χ0) is 15.2. The van der Waals surface area contributed by atoms with Gasteiger partial charge < -0.3 is 15.2 Å². The van der Waals surface area contributed by atoms with E-state index in [2.05, 4.69) is 42.0 Å². The Hall–Kier alpha value is -1.81. The van der Waals surface area contributed by atoms with E-state index in [0.717, 1.165) is 48.5 Å². The molecule has 0 spiro atoms. The average molecular weight is 287 g/mol. The lowest BCUT2D eigenvalue weighted by atomic mass is 10.1. The van der Waals surface area contributed by atoms with E-state index in [1.165, 1.54) is 5.70 Å². The summed E-state index contributed by atoms with van der Waals surface area (Å²) in [6.45, 7) is 9.33. The fourth-order valence-electron chi connectivity index (χ4n) is 2.78. The number of piperazine rings is 1. The van der Waals surface area contributed by atoms with Crippen molar-refractivity contribution in [1.29, 1.82) is 0 Å². The van der Waals surface area contributed by atoms with Gasteiger partial charge in [0.05, 0.1) is 0 Å². The molecule has 2 heterocycles. The lowest BCUT2D eigenvalue weighted by Crippen LogP contribution is -2.49. The monoisotopic (exact) mass is 287 g/mol. The summed E-state index contributed by atoms with van der Waals surface area (Å²) in [5, 5.41) is 5.48. The third-order valence-electron chi connectivity index (χ3n) is 3.91. The molecular formula is C17H25N3O. The Balaban J connectivity index is 2.51. The van der Waals surface area contributed by atoms with Gasteiger partial charge in [0.1, 0.15) is 0 Å². The fraction of sp³-hybridized carbons (Fsp3) is 0.471. The number of nitrogens with one attached hydrogen (secondary N) is 2. The van der Waals surface area contributed by atoms with E-state index < -0.39 is 0 Å². The molecule has 4 heteroatoms. The summed E-state index contributed by atoms with van der Waals surface area (Å²) < 4.78 is 0. The molecule has 114 valence electrons. The predicted octanol–water partition coefficient (Wildman–Crippen LogP) is 0.996. The standard InChI is InChI=1S/C17H25N3O/c1-4-5-6-7-16-17(15(12-21)10-19-16)14(3)20-9-8-18-13(2)11-20/h5-7,10,12-13,18-19H,4,8-9,11H2,1-3H3/b6-5+,16-7+,17-14+. The van der Waals surface area contributed by atoms with Gasteiger partial charge in [0.2, 0.25) is 0 Å². The molecule has 4 nitrogen and oxygen atoms in total. The van der Waals surface area contributed by atoms with E-state index in [1.54, 1.807) is 6.20 Å². The molecule has 0 aromatic carbocycles. The fourth-order valence-corrected chi connectivity index (χ4v) is 2.78. The van der Waals surface area contributed by atoms with Crippen LogP contribution in [-0.4, -0.2) is 41.8 Å². The second-order valence-electron chi connectivity index (χ2n) is 5.54. The van der Waals surface area contributed by atoms with Gasteiger partial charge >= 0.3 is 0 Å². The van der Waals surface area contributed by atoms with Crippen molar-refractivity contribution < 1.29 is 4.79 Å². The van der Waals surface area contributed by atoms with E-state index >= 15 is 0 Å². The van der Waals surface area contributed by atoms with Crippen molar-refractivity contribution in [1.82, 2.24) is 15.2 Å². The molecule has 1 saturated heterocycles. The van der Waals surface area contributed by atoms with Gasteiger partial charge in [-0.05, 0) is 26.3 Å². The van der Waals surface area contributed by atoms with E-state index in [1.807, 2.05) is 12.2 Å². The van der Waals surface area contributed by atoms with Crippen molar-refractivity contribution in [2.45, 2.75) is 33.2 Å². The molecule has 1 atom stereocenters. The second kappa shape index (κ2) is 7.27. The highest BCUT2D eigenvalue weighted by Gasteiger charge is 2.17. The van der Waals surface area contributed by atoms with Crippen LogP contribution in [-0.2, 0) is 0 Å². The van der Waals surface area contributed by atoms with Gasteiger partial charge in [0, 0.05) is 53.7 Å². The zero-order valence-electron chi connectivity index (χ0n) is 13.1. The maximum atomic E-state index is 11.3. The van der Waals surface area contributed by atoms with Crippen molar-refractivity contribution in [2.75, 3.05) is 19.6 Å². The number of H-pyrrole nitrogens is 1. The summed E-state index contributed by atoms with van der Waals surface area (Å²) in [6.07, 6.45) is 9.92. The third kappa shape index (κ3) is 3.64. The van der Waals surface area contributed by atoms with Gasteiger partial charge in [-0.15, -0.1) is 0 Å². The molecule has 2 rings (SSSR count). The number of nitrogens with zero attached hydrogens (tertiary/aromatic N) is 1. The molecule has 1 aromatic rings. The van der Waals surface area contributed by atoms with Crippen molar-refractivity contribution >= 4 is 18.1 Å². The Morgan fingerprint density at radius 2 is 2.33 bits per heavy atom. The SMILES string of the molecule is CC/C=C/C=c1/[nH]cc(C=O)/c1=C(/C)N1CCNC(C)C1. The van der Waals surface area contributed by atoms with Crippen LogP contribution in [0.5, 0.6) is 0 Å². The molecule has 1 aliphatic rings. The molecule has 0 radical (unpaired) electrons. The number of aromatic amines is 1. The smallest absolute Gasteiger partial charge is 0.152 e. The number of aldehydes is 1. The average Bonchev–Trinajstić information content (AvgIpc) is 2.89. The first-order valence-corrected chi connectivity index (χ1v) is 7.66. The van der Waals surface area contributed by atoms with Crippen LogP contribution in [0.4, 0.5) is 0 Å². The number of rotatable bonds is 4. The Bertz CT molecular complexity index is 627. The first kappa shape index (κ1) is 15.6. The summed E-state index contributed by atoms with van der Waals surface area (Å²) in [5.74, 6) is 0. The second-order valence-corrected chi connectivity index (χ2v) is 5.54. The summed E-state index contributed by atoms with van der Waals surface area (Å²) in [6, 6.07) is 0.472. The molecule has 0 aliphatic carbocycles. The zero-order valence-corrected chi connectivity index (χ0v) is 13.1. The van der Waals surface area contributed by atoms with Crippen molar-refractivity contribution in [3.05, 3.63) is 34.5 Å². The minimum absolute atomic E-state index is 0.472. The number of hydrogen-bond acceptors (Lipinski definition) is 3. The van der Waals surface area contributed by atoms with Crippen LogP contribution in [0.2, 0.25) is 0 Å². The Morgan fingerprint density at radius 1 is 1.52 bits per heavy atom. The van der Waals surface area contributed by atoms with Crippen LogP contribution in [0, 0.1) is 0 Å². The predicted molar refractivity (Wildman–Crippen MR) is 87.4 cm³/mol. The molecule has 1 aliphatic heterocycles. The van der Waals surface area contributed by atoms with E-state index in [4.69, 9.17) is 0 Å². The summed E-state index contributed by atoms with van der Waals surface area (Å²) in [5.41, 5.74) is 1.90. The van der Waals surface area contributed by atoms with Crippen LogP contribution in [0.1, 0.15) is 37.6 Å². The van der Waals surface area contributed by atoms with Crippen LogP contribution < -0.4 is 15.9 Å². The first-order chi connectivity index (χ1) is 10.2. The summed E-state index contributed by atoms with van der Waals surface area (Å²) >= 11 is 0. The number of allylic oxidation sites excluding steroid dienone is 2. The Kier molecular flexibility index (Phi) is 5.39. The minimum atomic E-state index is 0.472. The molecule has 1 unspecified atom stereocenters. The molecule has 1 fully saturated rings. The first-order valence-electron chi connectivity index (χ1n) is 7.66. The van der Waals surface area contributed by atoms with E-state index in [-0.39, 0.29) is 0 Å². The highest BCUT2D eigenvalue weighted by molar-refractivity contribution is 5.76. The molecule has 0 saturated carbocycles. The van der Waals surface area contributed by atoms with Gasteiger partial charge in [-0.3, -0.25) is 4.79 Å². The van der Waals surface area contributed by atoms with Crippen molar-refractivity contribution in [2.24, 2.45) is 0 Å². The van der Waals surface area contributed by atoms with Gasteiger partial charge in [-0.1, -0.05) is 19.1 Å². The quantitative estimate of drug-likeness (QED) is 0.812. The largest absolute Gasteiger partial charge is 0.372 e.